The summed E-state index contributed by atoms with van der Waals surface area (Å²) < 4.78 is 24.5. The van der Waals surface area contributed by atoms with E-state index in [0.29, 0.717) is 23.1 Å². The van der Waals surface area contributed by atoms with Gasteiger partial charge in [-0.05, 0) is 42.5 Å². The van der Waals surface area contributed by atoms with Crippen molar-refractivity contribution >= 4 is 21.6 Å². The lowest BCUT2D eigenvalue weighted by atomic mass is 9.93. The fourth-order valence-electron chi connectivity index (χ4n) is 2.67. The second-order valence-electron chi connectivity index (χ2n) is 6.72. The van der Waals surface area contributed by atoms with Gasteiger partial charge in [0, 0.05) is 18.7 Å². The molecule has 1 amide bonds. The second-order valence-corrected chi connectivity index (χ2v) is 8.73. The molecule has 6 heteroatoms. The molecule has 0 radical (unpaired) electrons. The van der Waals surface area contributed by atoms with E-state index in [-0.39, 0.29) is 11.9 Å². The molecule has 0 heterocycles. The van der Waals surface area contributed by atoms with E-state index >= 15 is 0 Å². The predicted molar refractivity (Wildman–Crippen MR) is 95.4 cm³/mol. The highest BCUT2D eigenvalue weighted by molar-refractivity contribution is 7.92. The summed E-state index contributed by atoms with van der Waals surface area (Å²) in [7, 11) is -1.82. The monoisotopic (exact) mass is 340 g/mol. The van der Waals surface area contributed by atoms with E-state index in [0.717, 1.165) is 11.8 Å². The van der Waals surface area contributed by atoms with Crippen molar-refractivity contribution in [2.24, 2.45) is 11.8 Å². The van der Waals surface area contributed by atoms with E-state index < -0.39 is 10.0 Å². The van der Waals surface area contributed by atoms with Gasteiger partial charge >= 0.3 is 0 Å². The number of carbonyl (C=O) groups is 1. The smallest absolute Gasteiger partial charge is 0.251 e. The zero-order valence-corrected chi connectivity index (χ0v) is 15.9. The molecule has 0 spiro atoms. The Morgan fingerprint density at radius 2 is 1.65 bits per heavy atom. The van der Waals surface area contributed by atoms with Crippen molar-refractivity contribution in [1.29, 1.82) is 0 Å². The molecule has 0 aliphatic rings. The number of benzene rings is 1. The number of anilines is 1. The number of hydrogen-bond donors (Lipinski definition) is 1. The Morgan fingerprint density at radius 3 is 2.04 bits per heavy atom. The van der Waals surface area contributed by atoms with Crippen LogP contribution in [0.5, 0.6) is 0 Å². The van der Waals surface area contributed by atoms with Crippen molar-refractivity contribution in [1.82, 2.24) is 5.32 Å². The Balaban J connectivity index is 3.03. The van der Waals surface area contributed by atoms with Gasteiger partial charge in [-0.3, -0.25) is 9.10 Å². The maximum atomic E-state index is 12.5. The maximum Gasteiger partial charge on any atom is 0.251 e. The minimum atomic E-state index is -3.32. The molecule has 1 rings (SSSR count). The molecule has 0 fully saturated rings. The Hall–Kier alpha value is -1.56. The molecular weight excluding hydrogens is 312 g/mol. The molecular formula is C17H28N2O3S. The molecule has 1 N–H and O–H groups in total. The van der Waals surface area contributed by atoms with E-state index in [1.807, 2.05) is 0 Å². The largest absolute Gasteiger partial charge is 0.349 e. The van der Waals surface area contributed by atoms with Crippen molar-refractivity contribution in [2.75, 3.05) is 17.6 Å². The van der Waals surface area contributed by atoms with E-state index in [2.05, 4.69) is 33.0 Å². The third-order valence-electron chi connectivity index (χ3n) is 4.03. The maximum absolute atomic E-state index is 12.5. The number of amides is 1. The summed E-state index contributed by atoms with van der Waals surface area (Å²) in [5.74, 6) is 0.556. The Bertz CT molecular complexity index is 658. The summed E-state index contributed by atoms with van der Waals surface area (Å²) in [6.07, 6.45) is 1.16. The highest BCUT2D eigenvalue weighted by atomic mass is 32.2. The van der Waals surface area contributed by atoms with Gasteiger partial charge in [0.25, 0.3) is 5.91 Å². The van der Waals surface area contributed by atoms with Crippen molar-refractivity contribution in [3.8, 4) is 0 Å². The number of carbonyl (C=O) groups excluding carboxylic acids is 1. The van der Waals surface area contributed by atoms with Crippen LogP contribution in [0.15, 0.2) is 18.2 Å². The summed E-state index contributed by atoms with van der Waals surface area (Å²) >= 11 is 0. The first-order chi connectivity index (χ1) is 10.4. The van der Waals surface area contributed by atoms with Gasteiger partial charge in [-0.1, -0.05) is 27.7 Å². The summed E-state index contributed by atoms with van der Waals surface area (Å²) in [5.41, 5.74) is 1.86. The Kier molecular flexibility index (Phi) is 6.22. The van der Waals surface area contributed by atoms with Crippen LogP contribution in [-0.4, -0.2) is 33.7 Å². The summed E-state index contributed by atoms with van der Waals surface area (Å²) in [6.45, 7) is 10.1. The topological polar surface area (TPSA) is 66.5 Å². The third kappa shape index (κ3) is 4.96. The van der Waals surface area contributed by atoms with Crippen LogP contribution >= 0.6 is 0 Å². The molecule has 1 aromatic rings. The number of nitrogens with one attached hydrogen (secondary N) is 1. The van der Waals surface area contributed by atoms with E-state index in [9.17, 15) is 13.2 Å². The average molecular weight is 340 g/mol. The van der Waals surface area contributed by atoms with Crippen LogP contribution in [-0.2, 0) is 10.0 Å². The molecule has 0 unspecified atom stereocenters. The molecule has 0 aliphatic carbocycles. The van der Waals surface area contributed by atoms with Crippen LogP contribution in [0.25, 0.3) is 0 Å². The van der Waals surface area contributed by atoms with Crippen molar-refractivity contribution < 1.29 is 13.2 Å². The normalized spacial score (nSPS) is 12.1. The van der Waals surface area contributed by atoms with Crippen LogP contribution in [0.1, 0.15) is 43.6 Å². The predicted octanol–water partition coefficient (Wildman–Crippen LogP) is 2.80. The summed E-state index contributed by atoms with van der Waals surface area (Å²) in [5, 5.41) is 3.07. The van der Waals surface area contributed by atoms with E-state index in [1.165, 1.54) is 11.4 Å². The first kappa shape index (κ1) is 19.5. The number of nitrogens with zero attached hydrogens (tertiary/aromatic N) is 1. The first-order valence-corrected chi connectivity index (χ1v) is 9.65. The van der Waals surface area contributed by atoms with Gasteiger partial charge in [0.2, 0.25) is 10.0 Å². The lowest BCUT2D eigenvalue weighted by Crippen LogP contribution is -2.42. The van der Waals surface area contributed by atoms with Gasteiger partial charge in [-0.2, -0.15) is 0 Å². The Labute approximate surface area is 140 Å². The van der Waals surface area contributed by atoms with Gasteiger partial charge in [0.1, 0.15) is 0 Å². The SMILES string of the molecule is Cc1cc(C(=O)NC(C(C)C)C(C)C)ccc1N(C)S(C)(=O)=O. The summed E-state index contributed by atoms with van der Waals surface area (Å²) in [6, 6.07) is 5.16. The van der Waals surface area contributed by atoms with Gasteiger partial charge in [0.05, 0.1) is 11.9 Å². The average Bonchev–Trinajstić information content (AvgIpc) is 2.41. The third-order valence-corrected chi connectivity index (χ3v) is 5.22. The zero-order valence-electron chi connectivity index (χ0n) is 15.0. The Morgan fingerprint density at radius 1 is 1.13 bits per heavy atom. The first-order valence-electron chi connectivity index (χ1n) is 7.80. The number of aryl methyl sites for hydroxylation is 1. The number of rotatable bonds is 6. The molecule has 0 aromatic heterocycles. The molecule has 5 nitrogen and oxygen atoms in total. The number of hydrogen-bond acceptors (Lipinski definition) is 3. The molecule has 1 aromatic carbocycles. The van der Waals surface area contributed by atoms with Crippen molar-refractivity contribution in [2.45, 2.75) is 40.7 Å². The van der Waals surface area contributed by atoms with Gasteiger partial charge in [-0.15, -0.1) is 0 Å². The lowest BCUT2D eigenvalue weighted by molar-refractivity contribution is 0.0910. The van der Waals surface area contributed by atoms with Gasteiger partial charge in [-0.25, -0.2) is 8.42 Å². The molecule has 0 saturated carbocycles. The fraction of sp³-hybridized carbons (Fsp3) is 0.588. The molecule has 130 valence electrons. The van der Waals surface area contributed by atoms with Crippen molar-refractivity contribution in [3.63, 3.8) is 0 Å². The lowest BCUT2D eigenvalue weighted by Gasteiger charge is -2.26. The molecule has 0 atom stereocenters. The van der Waals surface area contributed by atoms with Crippen LogP contribution < -0.4 is 9.62 Å². The van der Waals surface area contributed by atoms with Gasteiger partial charge in [0.15, 0.2) is 0 Å². The van der Waals surface area contributed by atoms with Gasteiger partial charge < -0.3 is 5.32 Å². The van der Waals surface area contributed by atoms with Crippen molar-refractivity contribution in [3.05, 3.63) is 29.3 Å². The summed E-state index contributed by atoms with van der Waals surface area (Å²) in [4.78, 5) is 12.5. The highest BCUT2D eigenvalue weighted by Gasteiger charge is 2.21. The molecule has 23 heavy (non-hydrogen) atoms. The van der Waals surface area contributed by atoms with Crippen LogP contribution in [0, 0.1) is 18.8 Å². The fourth-order valence-corrected chi connectivity index (χ4v) is 3.23. The minimum Gasteiger partial charge on any atom is -0.349 e. The van der Waals surface area contributed by atoms with Crippen LogP contribution in [0.3, 0.4) is 0 Å². The standard InChI is InChI=1S/C17H28N2O3S/c1-11(2)16(12(3)4)18-17(20)14-8-9-15(13(5)10-14)19(6)23(7,21)22/h8-12,16H,1-7H3,(H,18,20). The molecule has 0 bridgehead atoms. The number of sulfonamides is 1. The minimum absolute atomic E-state index is 0.0983. The quantitative estimate of drug-likeness (QED) is 0.866. The molecule has 0 saturated heterocycles. The zero-order chi connectivity index (χ0) is 17.9. The van der Waals surface area contributed by atoms with E-state index in [1.54, 1.807) is 25.1 Å². The van der Waals surface area contributed by atoms with Crippen LogP contribution in [0.2, 0.25) is 0 Å². The second kappa shape index (κ2) is 7.34. The molecule has 0 aliphatic heterocycles. The highest BCUT2D eigenvalue weighted by Crippen LogP contribution is 2.22. The van der Waals surface area contributed by atoms with E-state index in [4.69, 9.17) is 0 Å². The van der Waals surface area contributed by atoms with Crippen LogP contribution in [0.4, 0.5) is 5.69 Å².